The minimum absolute atomic E-state index is 0.278. The zero-order valence-electron chi connectivity index (χ0n) is 14.5. The van der Waals surface area contributed by atoms with Gasteiger partial charge in [-0.1, -0.05) is 24.0 Å². The molecule has 0 fully saturated rings. The summed E-state index contributed by atoms with van der Waals surface area (Å²) in [6.07, 6.45) is 0. The number of carbonyl (C=O) groups is 1. The molecular weight excluding hydrogens is 379 g/mol. The van der Waals surface area contributed by atoms with E-state index in [0.29, 0.717) is 21.7 Å². The van der Waals surface area contributed by atoms with E-state index in [0.717, 1.165) is 17.6 Å². The summed E-state index contributed by atoms with van der Waals surface area (Å²) in [5.74, 6) is 10.2. The van der Waals surface area contributed by atoms with Crippen LogP contribution in [0.15, 0.2) is 77.7 Å². The molecule has 0 radical (unpaired) electrons. The van der Waals surface area contributed by atoms with Crippen LogP contribution in [0.1, 0.15) is 21.5 Å². The van der Waals surface area contributed by atoms with Crippen LogP contribution in [0.3, 0.4) is 0 Å². The van der Waals surface area contributed by atoms with Crippen LogP contribution in [-0.4, -0.2) is 5.91 Å². The molecule has 0 unspecified atom stereocenters. The number of para-hydroxylation sites is 1. The summed E-state index contributed by atoms with van der Waals surface area (Å²) in [4.78, 5) is 17.2. The SMILES string of the molecule is NOOSc1ccccc1NC(=O)c1ccc(C#Cc2ccc(F)cc2)cc1. The van der Waals surface area contributed by atoms with E-state index in [1.54, 1.807) is 60.7 Å². The van der Waals surface area contributed by atoms with E-state index < -0.39 is 0 Å². The van der Waals surface area contributed by atoms with E-state index >= 15 is 0 Å². The molecule has 5 nitrogen and oxygen atoms in total. The summed E-state index contributed by atoms with van der Waals surface area (Å²) in [6, 6.07) is 19.9. The fourth-order valence-electron chi connectivity index (χ4n) is 2.28. The Morgan fingerprint density at radius 2 is 1.54 bits per heavy atom. The third-order valence-corrected chi connectivity index (χ3v) is 4.32. The van der Waals surface area contributed by atoms with Crippen molar-refractivity contribution in [3.05, 3.63) is 95.3 Å². The molecule has 140 valence electrons. The van der Waals surface area contributed by atoms with Gasteiger partial charge in [-0.2, -0.15) is 5.90 Å². The molecule has 1 amide bonds. The Labute approximate surface area is 165 Å². The average molecular weight is 394 g/mol. The summed E-state index contributed by atoms with van der Waals surface area (Å²) in [5, 5.41) is 2.81. The van der Waals surface area contributed by atoms with Gasteiger partial charge in [-0.05, 0) is 60.7 Å². The van der Waals surface area contributed by atoms with E-state index in [4.69, 9.17) is 5.90 Å². The summed E-state index contributed by atoms with van der Waals surface area (Å²) >= 11 is 0.888. The standard InChI is InChI=1S/C21H15FN2O3S/c22-18-13-9-16(10-14-18)6-5-15-7-11-17(12-8-15)21(25)24-19-3-1-2-4-20(19)28-27-26-23/h1-4,7-14H,23H2,(H,24,25). The Bertz CT molecular complexity index is 1010. The summed E-state index contributed by atoms with van der Waals surface area (Å²) in [7, 11) is 0. The van der Waals surface area contributed by atoms with E-state index in [1.165, 1.54) is 12.1 Å². The lowest BCUT2D eigenvalue weighted by molar-refractivity contribution is -0.195. The predicted octanol–water partition coefficient (Wildman–Crippen LogP) is 4.31. The summed E-state index contributed by atoms with van der Waals surface area (Å²) in [6.45, 7) is 0. The van der Waals surface area contributed by atoms with E-state index in [2.05, 4.69) is 26.5 Å². The summed E-state index contributed by atoms with van der Waals surface area (Å²) in [5.41, 5.74) is 2.49. The molecule has 3 aromatic carbocycles. The van der Waals surface area contributed by atoms with Gasteiger partial charge in [0.25, 0.3) is 5.91 Å². The molecule has 3 N–H and O–H groups in total. The maximum absolute atomic E-state index is 12.9. The van der Waals surface area contributed by atoms with Gasteiger partial charge < -0.3 is 5.32 Å². The monoisotopic (exact) mass is 394 g/mol. The van der Waals surface area contributed by atoms with Gasteiger partial charge in [0.15, 0.2) is 0 Å². The van der Waals surface area contributed by atoms with Crippen LogP contribution in [-0.2, 0) is 9.32 Å². The van der Waals surface area contributed by atoms with Gasteiger partial charge in [-0.3, -0.25) is 4.79 Å². The Kier molecular flexibility index (Phi) is 6.78. The zero-order chi connectivity index (χ0) is 19.8. The molecule has 0 aliphatic rings. The van der Waals surface area contributed by atoms with Crippen molar-refractivity contribution < 1.29 is 18.5 Å². The molecule has 0 aliphatic heterocycles. The zero-order valence-corrected chi connectivity index (χ0v) is 15.3. The number of nitrogens with one attached hydrogen (secondary N) is 1. The molecule has 3 rings (SSSR count). The summed E-state index contributed by atoms with van der Waals surface area (Å²) < 4.78 is 17.5. The van der Waals surface area contributed by atoms with Crippen molar-refractivity contribution in [2.24, 2.45) is 5.90 Å². The molecule has 28 heavy (non-hydrogen) atoms. The van der Waals surface area contributed by atoms with Crippen molar-refractivity contribution in [3.8, 4) is 11.8 Å². The molecule has 0 atom stereocenters. The van der Waals surface area contributed by atoms with Crippen LogP contribution in [0.25, 0.3) is 0 Å². The topological polar surface area (TPSA) is 73.6 Å². The Morgan fingerprint density at radius 3 is 2.18 bits per heavy atom. The van der Waals surface area contributed by atoms with E-state index in [1.807, 2.05) is 0 Å². The maximum atomic E-state index is 12.9. The molecule has 0 bridgehead atoms. The lowest BCUT2D eigenvalue weighted by Crippen LogP contribution is -2.12. The van der Waals surface area contributed by atoms with Gasteiger partial charge in [0.05, 0.1) is 22.6 Å². The average Bonchev–Trinajstić information content (AvgIpc) is 2.73. The van der Waals surface area contributed by atoms with Gasteiger partial charge in [0.2, 0.25) is 0 Å². The number of halogens is 1. The highest BCUT2D eigenvalue weighted by molar-refractivity contribution is 7.94. The second-order valence-electron chi connectivity index (χ2n) is 5.53. The first-order valence-corrected chi connectivity index (χ1v) is 8.88. The lowest BCUT2D eigenvalue weighted by atomic mass is 10.1. The third-order valence-electron chi connectivity index (χ3n) is 3.64. The highest BCUT2D eigenvalue weighted by atomic mass is 32.2. The van der Waals surface area contributed by atoms with Crippen LogP contribution in [0, 0.1) is 17.7 Å². The first kappa shape index (κ1) is 19.6. The molecule has 0 aromatic heterocycles. The minimum Gasteiger partial charge on any atom is -0.321 e. The highest BCUT2D eigenvalue weighted by Crippen LogP contribution is 2.27. The Balaban J connectivity index is 1.68. The highest BCUT2D eigenvalue weighted by Gasteiger charge is 2.10. The molecular formula is C21H15FN2O3S. The fraction of sp³-hybridized carbons (Fsp3) is 0. The lowest BCUT2D eigenvalue weighted by Gasteiger charge is -2.09. The molecule has 0 spiro atoms. The number of carbonyl (C=O) groups excluding carboxylic acids is 1. The number of amides is 1. The number of hydrogen-bond donors (Lipinski definition) is 2. The van der Waals surface area contributed by atoms with Crippen LogP contribution < -0.4 is 11.2 Å². The Morgan fingerprint density at radius 1 is 0.929 bits per heavy atom. The number of anilines is 1. The molecule has 7 heteroatoms. The van der Waals surface area contributed by atoms with Crippen molar-refractivity contribution >= 4 is 23.6 Å². The first-order chi connectivity index (χ1) is 13.7. The maximum Gasteiger partial charge on any atom is 0.255 e. The number of hydrogen-bond acceptors (Lipinski definition) is 5. The van der Waals surface area contributed by atoms with Crippen molar-refractivity contribution in [2.75, 3.05) is 5.32 Å². The predicted molar refractivity (Wildman–Crippen MR) is 105 cm³/mol. The molecule has 0 saturated carbocycles. The molecule has 0 heterocycles. The smallest absolute Gasteiger partial charge is 0.255 e. The van der Waals surface area contributed by atoms with Gasteiger partial charge in [-0.15, -0.1) is 9.32 Å². The molecule has 0 aliphatic carbocycles. The van der Waals surface area contributed by atoms with Gasteiger partial charge in [-0.25, -0.2) is 4.39 Å². The van der Waals surface area contributed by atoms with Gasteiger partial charge >= 0.3 is 0 Å². The van der Waals surface area contributed by atoms with Crippen molar-refractivity contribution in [1.29, 1.82) is 0 Å². The van der Waals surface area contributed by atoms with Crippen LogP contribution >= 0.6 is 12.0 Å². The first-order valence-electron chi connectivity index (χ1n) is 8.14. The van der Waals surface area contributed by atoms with Crippen LogP contribution in [0.2, 0.25) is 0 Å². The number of rotatable bonds is 5. The van der Waals surface area contributed by atoms with E-state index in [-0.39, 0.29) is 11.7 Å². The van der Waals surface area contributed by atoms with E-state index in [9.17, 15) is 9.18 Å². The normalized spacial score (nSPS) is 10.1. The second-order valence-corrected chi connectivity index (χ2v) is 6.27. The minimum atomic E-state index is -0.303. The number of nitrogens with two attached hydrogens (primary N) is 1. The number of benzene rings is 3. The van der Waals surface area contributed by atoms with Crippen molar-refractivity contribution in [2.45, 2.75) is 4.90 Å². The van der Waals surface area contributed by atoms with Gasteiger partial charge in [0, 0.05) is 16.7 Å². The van der Waals surface area contributed by atoms with Crippen molar-refractivity contribution in [1.82, 2.24) is 0 Å². The fourth-order valence-corrected chi connectivity index (χ4v) is 2.73. The van der Waals surface area contributed by atoms with Crippen LogP contribution in [0.4, 0.5) is 10.1 Å². The molecule has 0 saturated heterocycles. The largest absolute Gasteiger partial charge is 0.321 e. The van der Waals surface area contributed by atoms with Crippen molar-refractivity contribution in [3.63, 3.8) is 0 Å². The third kappa shape index (κ3) is 5.42. The molecule has 3 aromatic rings. The Hall–Kier alpha value is -3.15. The second kappa shape index (κ2) is 9.69. The quantitative estimate of drug-likeness (QED) is 0.292. The van der Waals surface area contributed by atoms with Gasteiger partial charge in [0.1, 0.15) is 5.82 Å². The van der Waals surface area contributed by atoms with Crippen LogP contribution in [0.5, 0.6) is 0 Å².